The van der Waals surface area contributed by atoms with Gasteiger partial charge in [-0.15, -0.1) is 6.58 Å². The van der Waals surface area contributed by atoms with Crippen LogP contribution in [0.5, 0.6) is 0 Å². The van der Waals surface area contributed by atoms with Crippen LogP contribution >= 0.6 is 0 Å². The lowest BCUT2D eigenvalue weighted by molar-refractivity contribution is -0.135. The van der Waals surface area contributed by atoms with Gasteiger partial charge >= 0.3 is 12.1 Å². The lowest BCUT2D eigenvalue weighted by Gasteiger charge is -2.25. The van der Waals surface area contributed by atoms with Gasteiger partial charge < -0.3 is 10.6 Å². The van der Waals surface area contributed by atoms with Crippen molar-refractivity contribution in [2.24, 2.45) is 0 Å². The van der Waals surface area contributed by atoms with E-state index in [4.69, 9.17) is 0 Å². The zero-order chi connectivity index (χ0) is 19.3. The minimum absolute atomic E-state index is 0.158. The highest BCUT2D eigenvalue weighted by molar-refractivity contribution is 6.10. The Bertz CT molecular complexity index is 750. The van der Waals surface area contributed by atoms with Crippen LogP contribution in [0.2, 0.25) is 0 Å². The number of urea groups is 2. The van der Waals surface area contributed by atoms with E-state index in [1.807, 2.05) is 5.32 Å². The summed E-state index contributed by atoms with van der Waals surface area (Å²) in [6.07, 6.45) is 1.64. The fraction of sp³-hybridized carbons (Fsp3) is 0.294. The van der Waals surface area contributed by atoms with Crippen LogP contribution in [0.1, 0.15) is 18.9 Å². The number of nitrogens with zero attached hydrogens (tertiary/aromatic N) is 1. The molecule has 8 nitrogen and oxygen atoms in total. The predicted molar refractivity (Wildman–Crippen MR) is 90.4 cm³/mol. The van der Waals surface area contributed by atoms with Crippen LogP contribution in [0.15, 0.2) is 36.9 Å². The molecule has 1 aliphatic heterocycles. The Hall–Kier alpha value is -3.23. The van der Waals surface area contributed by atoms with Crippen molar-refractivity contribution in [3.05, 3.63) is 48.3 Å². The van der Waals surface area contributed by atoms with E-state index >= 15 is 0 Å². The summed E-state index contributed by atoms with van der Waals surface area (Å²) < 4.78 is 13.2. The summed E-state index contributed by atoms with van der Waals surface area (Å²) in [6.45, 7) is 4.65. The van der Waals surface area contributed by atoms with Crippen molar-refractivity contribution in [1.29, 1.82) is 0 Å². The van der Waals surface area contributed by atoms with Gasteiger partial charge in [-0.05, 0) is 24.1 Å². The molecule has 1 aromatic carbocycles. The molecule has 0 saturated carbocycles. The highest BCUT2D eigenvalue weighted by Gasteiger charge is 2.51. The van der Waals surface area contributed by atoms with Crippen molar-refractivity contribution in [2.45, 2.75) is 18.9 Å². The number of carbonyl (C=O) groups excluding carboxylic acids is 4. The smallest absolute Gasteiger partial charge is 0.325 e. The van der Waals surface area contributed by atoms with Crippen molar-refractivity contribution in [3.8, 4) is 0 Å². The Morgan fingerprint density at radius 1 is 1.31 bits per heavy atom. The number of nitrogens with one attached hydrogen (secondary N) is 3. The van der Waals surface area contributed by atoms with E-state index in [0.717, 1.165) is 4.90 Å². The van der Waals surface area contributed by atoms with Gasteiger partial charge in [-0.2, -0.15) is 0 Å². The number of amides is 6. The summed E-state index contributed by atoms with van der Waals surface area (Å²) in [6, 6.07) is 3.66. The van der Waals surface area contributed by atoms with E-state index in [9.17, 15) is 23.6 Å². The summed E-state index contributed by atoms with van der Waals surface area (Å²) in [5, 5.41) is 6.92. The summed E-state index contributed by atoms with van der Waals surface area (Å²) in [7, 11) is 0. The molecule has 1 fully saturated rings. The van der Waals surface area contributed by atoms with Gasteiger partial charge in [0.1, 0.15) is 17.9 Å². The molecule has 138 valence electrons. The van der Waals surface area contributed by atoms with E-state index < -0.39 is 41.8 Å². The number of hydrogen-bond acceptors (Lipinski definition) is 4. The first-order chi connectivity index (χ1) is 12.3. The normalized spacial score (nSPS) is 19.1. The molecule has 0 bridgehead atoms. The van der Waals surface area contributed by atoms with Crippen molar-refractivity contribution in [1.82, 2.24) is 20.9 Å². The molecule has 0 spiro atoms. The van der Waals surface area contributed by atoms with Crippen molar-refractivity contribution < 1.29 is 23.6 Å². The first-order valence-electron chi connectivity index (χ1n) is 7.92. The van der Waals surface area contributed by atoms with Gasteiger partial charge in [0, 0.05) is 6.54 Å². The van der Waals surface area contributed by atoms with Gasteiger partial charge in [-0.25, -0.2) is 14.0 Å². The quantitative estimate of drug-likeness (QED) is 0.518. The third-order valence-electron chi connectivity index (χ3n) is 4.00. The maximum absolute atomic E-state index is 13.2. The summed E-state index contributed by atoms with van der Waals surface area (Å²) in [5.74, 6) is -1.93. The number of rotatable bonds is 6. The minimum Gasteiger partial charge on any atom is -0.334 e. The third kappa shape index (κ3) is 3.71. The number of benzene rings is 1. The molecule has 0 aliphatic carbocycles. The molecule has 1 atom stereocenters. The van der Waals surface area contributed by atoms with E-state index in [1.165, 1.54) is 30.3 Å². The van der Waals surface area contributed by atoms with Gasteiger partial charge in [-0.1, -0.05) is 25.1 Å². The maximum atomic E-state index is 13.2. The predicted octanol–water partition coefficient (Wildman–Crippen LogP) is 0.995. The zero-order valence-corrected chi connectivity index (χ0v) is 14.2. The van der Waals surface area contributed by atoms with Crippen LogP contribution in [0, 0.1) is 5.82 Å². The van der Waals surface area contributed by atoms with Crippen LogP contribution in [0.4, 0.5) is 14.0 Å². The summed E-state index contributed by atoms with van der Waals surface area (Å²) in [4.78, 5) is 49.1. The van der Waals surface area contributed by atoms with Gasteiger partial charge in [0.25, 0.3) is 5.91 Å². The maximum Gasteiger partial charge on any atom is 0.325 e. The number of imide groups is 2. The molecule has 2 rings (SSSR count). The SMILES string of the molecule is C=CCNC(=O)NC(=O)CN1C(=O)NC(CC)(c2ccc(F)cc2)C1=O. The minimum atomic E-state index is -1.38. The summed E-state index contributed by atoms with van der Waals surface area (Å²) in [5.41, 5.74) is -0.970. The van der Waals surface area contributed by atoms with E-state index in [1.54, 1.807) is 6.92 Å². The Morgan fingerprint density at radius 3 is 2.54 bits per heavy atom. The zero-order valence-electron chi connectivity index (χ0n) is 14.2. The molecular weight excluding hydrogens is 343 g/mol. The second-order valence-electron chi connectivity index (χ2n) is 5.63. The molecule has 1 unspecified atom stereocenters. The number of hydrogen-bond donors (Lipinski definition) is 3. The van der Waals surface area contributed by atoms with Crippen molar-refractivity contribution in [3.63, 3.8) is 0 Å². The molecule has 26 heavy (non-hydrogen) atoms. The Labute approximate surface area is 149 Å². The average molecular weight is 362 g/mol. The molecule has 1 aromatic rings. The highest BCUT2D eigenvalue weighted by atomic mass is 19.1. The molecule has 0 radical (unpaired) electrons. The van der Waals surface area contributed by atoms with Gasteiger partial charge in [0.05, 0.1) is 0 Å². The Balaban J connectivity index is 2.14. The lowest BCUT2D eigenvalue weighted by Crippen LogP contribution is -2.47. The largest absolute Gasteiger partial charge is 0.334 e. The lowest BCUT2D eigenvalue weighted by atomic mass is 9.87. The van der Waals surface area contributed by atoms with Crippen molar-refractivity contribution >= 4 is 23.9 Å². The molecule has 1 saturated heterocycles. The third-order valence-corrected chi connectivity index (χ3v) is 4.00. The fourth-order valence-corrected chi connectivity index (χ4v) is 2.66. The van der Waals surface area contributed by atoms with Crippen LogP contribution in [-0.4, -0.2) is 41.9 Å². The molecule has 6 amide bonds. The van der Waals surface area contributed by atoms with Crippen LogP contribution in [0.3, 0.4) is 0 Å². The molecule has 1 heterocycles. The first kappa shape index (κ1) is 19.1. The second kappa shape index (κ2) is 7.77. The van der Waals surface area contributed by atoms with E-state index in [-0.39, 0.29) is 13.0 Å². The molecule has 0 aromatic heterocycles. The standard InChI is InChI=1S/C17H19FN4O4/c1-3-9-19-15(25)20-13(23)10-22-14(24)17(4-2,21-16(22)26)11-5-7-12(18)8-6-11/h3,5-8H,1,4,9-10H2,2H3,(H,21,26)(H2,19,20,23,25). The topological polar surface area (TPSA) is 108 Å². The van der Waals surface area contributed by atoms with E-state index in [2.05, 4.69) is 17.2 Å². The molecule has 1 aliphatic rings. The summed E-state index contributed by atoms with van der Waals surface area (Å²) >= 11 is 0. The first-order valence-corrected chi connectivity index (χ1v) is 7.92. The fourth-order valence-electron chi connectivity index (χ4n) is 2.66. The van der Waals surface area contributed by atoms with Crippen LogP contribution in [0.25, 0.3) is 0 Å². The number of halogens is 1. The molecule has 3 N–H and O–H groups in total. The second-order valence-corrected chi connectivity index (χ2v) is 5.63. The van der Waals surface area contributed by atoms with Gasteiger partial charge in [-0.3, -0.25) is 19.8 Å². The van der Waals surface area contributed by atoms with Gasteiger partial charge in [0.2, 0.25) is 5.91 Å². The molecular formula is C17H19FN4O4. The average Bonchev–Trinajstić information content (AvgIpc) is 2.85. The van der Waals surface area contributed by atoms with E-state index in [0.29, 0.717) is 5.56 Å². The van der Waals surface area contributed by atoms with Gasteiger partial charge in [0.15, 0.2) is 0 Å². The van der Waals surface area contributed by atoms with Crippen LogP contribution in [-0.2, 0) is 15.1 Å². The highest BCUT2D eigenvalue weighted by Crippen LogP contribution is 2.32. The number of carbonyl (C=O) groups is 4. The molecule has 9 heteroatoms. The monoisotopic (exact) mass is 362 g/mol. The Kier molecular flexibility index (Phi) is 5.71. The van der Waals surface area contributed by atoms with Crippen molar-refractivity contribution in [2.75, 3.05) is 13.1 Å². The Morgan fingerprint density at radius 2 is 1.96 bits per heavy atom. The van der Waals surface area contributed by atoms with Crippen LogP contribution < -0.4 is 16.0 Å².